The van der Waals surface area contributed by atoms with Crippen molar-refractivity contribution in [3.63, 3.8) is 0 Å². The van der Waals surface area contributed by atoms with Gasteiger partial charge in [-0.05, 0) is 54.4 Å². The number of benzene rings is 3. The van der Waals surface area contributed by atoms with E-state index >= 15 is 4.39 Å². The lowest BCUT2D eigenvalue weighted by Crippen LogP contribution is -2.37. The molecule has 12 heteroatoms. The third-order valence-electron chi connectivity index (χ3n) is 6.71. The maximum atomic E-state index is 15.2. The molecule has 0 unspecified atom stereocenters. The van der Waals surface area contributed by atoms with Crippen molar-refractivity contribution >= 4 is 44.8 Å². The molecular formula is C31H31BrFN5O5. The minimum absolute atomic E-state index is 0.00566. The number of fused-ring (bicyclic) bond motifs is 1. The molecule has 2 heterocycles. The number of hydrogen-bond donors (Lipinski definition) is 1. The molecule has 0 saturated carbocycles. The molecule has 2 N–H and O–H groups in total. The Kier molecular flexibility index (Phi) is 10.0. The number of ether oxygens (including phenoxy) is 4. The third-order valence-corrected chi connectivity index (χ3v) is 7.20. The number of rotatable bonds is 11. The van der Waals surface area contributed by atoms with E-state index in [0.29, 0.717) is 46.0 Å². The molecule has 1 saturated heterocycles. The molecule has 43 heavy (non-hydrogen) atoms. The van der Waals surface area contributed by atoms with Crippen LogP contribution in [0.4, 0.5) is 14.9 Å². The second kappa shape index (κ2) is 14.3. The van der Waals surface area contributed by atoms with Gasteiger partial charge in [-0.15, -0.1) is 0 Å². The van der Waals surface area contributed by atoms with Gasteiger partial charge in [0.15, 0.2) is 11.6 Å². The number of nitrogens with two attached hydrogens (primary N) is 1. The van der Waals surface area contributed by atoms with Gasteiger partial charge in [0.1, 0.15) is 17.2 Å². The number of pyridine rings is 1. The second-order valence-corrected chi connectivity index (χ2v) is 10.6. The van der Waals surface area contributed by atoms with Crippen LogP contribution < -0.4 is 25.0 Å². The van der Waals surface area contributed by atoms with E-state index < -0.39 is 11.8 Å². The van der Waals surface area contributed by atoms with Gasteiger partial charge in [0.2, 0.25) is 0 Å². The predicted molar refractivity (Wildman–Crippen MR) is 166 cm³/mol. The van der Waals surface area contributed by atoms with Gasteiger partial charge >= 0.3 is 6.03 Å². The number of nitrogens with zero attached hydrogens (tertiary/aromatic N) is 4. The molecule has 10 nitrogen and oxygen atoms in total. The topological polar surface area (TPSA) is 112 Å². The molecule has 5 rings (SSSR count). The summed E-state index contributed by atoms with van der Waals surface area (Å²) in [7, 11) is 1.55. The van der Waals surface area contributed by atoms with Crippen molar-refractivity contribution < 1.29 is 28.1 Å². The van der Waals surface area contributed by atoms with Gasteiger partial charge < -0.3 is 24.7 Å². The summed E-state index contributed by atoms with van der Waals surface area (Å²) in [6, 6.07) is 15.7. The summed E-state index contributed by atoms with van der Waals surface area (Å²) in [5, 5.41) is 5.75. The molecule has 0 spiro atoms. The number of morpholine rings is 1. The van der Waals surface area contributed by atoms with Gasteiger partial charge in [-0.3, -0.25) is 9.88 Å². The fraction of sp³-hybridized carbons (Fsp3) is 0.258. The van der Waals surface area contributed by atoms with Crippen molar-refractivity contribution in [2.45, 2.75) is 6.42 Å². The third kappa shape index (κ3) is 7.78. The van der Waals surface area contributed by atoms with Crippen LogP contribution in [0.25, 0.3) is 10.9 Å². The van der Waals surface area contributed by atoms with Crippen LogP contribution in [-0.2, 0) is 4.74 Å². The number of halogens is 2. The highest BCUT2D eigenvalue weighted by Gasteiger charge is 2.16. The van der Waals surface area contributed by atoms with Gasteiger partial charge in [0.25, 0.3) is 0 Å². The minimum Gasteiger partial charge on any atom is -0.496 e. The molecule has 1 aliphatic heterocycles. The molecule has 2 amide bonds. The summed E-state index contributed by atoms with van der Waals surface area (Å²) in [5.74, 6) is 0.858. The number of amides is 2. The first-order chi connectivity index (χ1) is 20.9. The molecular weight excluding hydrogens is 621 g/mol. The van der Waals surface area contributed by atoms with E-state index in [9.17, 15) is 4.79 Å². The Labute approximate surface area is 256 Å². The number of carbonyl (C=O) groups is 1. The molecule has 1 aliphatic rings. The molecule has 1 aromatic heterocycles. The van der Waals surface area contributed by atoms with Crippen LogP contribution in [-0.4, -0.2) is 68.7 Å². The molecule has 0 bridgehead atoms. The van der Waals surface area contributed by atoms with Crippen molar-refractivity contribution in [2.24, 2.45) is 10.8 Å². The summed E-state index contributed by atoms with van der Waals surface area (Å²) in [6.45, 7) is 4.90. The van der Waals surface area contributed by atoms with Gasteiger partial charge in [0.05, 0.1) is 49.7 Å². The lowest BCUT2D eigenvalue weighted by Gasteiger charge is -2.26. The van der Waals surface area contributed by atoms with Crippen LogP contribution in [0.5, 0.6) is 23.0 Å². The molecule has 3 aromatic carbocycles. The van der Waals surface area contributed by atoms with Crippen LogP contribution in [0.15, 0.2) is 76.4 Å². The minimum atomic E-state index is -0.783. The molecule has 1 fully saturated rings. The van der Waals surface area contributed by atoms with Gasteiger partial charge in [-0.1, -0.05) is 22.0 Å². The Balaban J connectivity index is 1.29. The van der Waals surface area contributed by atoms with Crippen molar-refractivity contribution in [1.29, 1.82) is 0 Å². The zero-order valence-electron chi connectivity index (χ0n) is 23.5. The Hall–Kier alpha value is -4.26. The van der Waals surface area contributed by atoms with Crippen molar-refractivity contribution in [1.82, 2.24) is 9.88 Å². The fourth-order valence-electron chi connectivity index (χ4n) is 4.61. The number of carbonyl (C=O) groups excluding carboxylic acids is 1. The SMILES string of the molecule is COc1cc(OCCCN2CCOCC2)cc2nccc(Oc3ccc(/C=N/N(C(N)=O)c4cccc(Br)c4)cc3F)c12. The average Bonchev–Trinajstić information content (AvgIpc) is 3.00. The quantitative estimate of drug-likeness (QED) is 0.121. The second-order valence-electron chi connectivity index (χ2n) is 9.65. The molecule has 0 atom stereocenters. The number of hydrazone groups is 1. The zero-order chi connectivity index (χ0) is 30.2. The normalized spacial score (nSPS) is 13.7. The van der Waals surface area contributed by atoms with E-state index in [-0.39, 0.29) is 5.75 Å². The smallest absolute Gasteiger partial charge is 0.340 e. The Morgan fingerprint density at radius 2 is 1.98 bits per heavy atom. The van der Waals surface area contributed by atoms with E-state index in [1.54, 1.807) is 49.7 Å². The highest BCUT2D eigenvalue weighted by atomic mass is 79.9. The lowest BCUT2D eigenvalue weighted by molar-refractivity contribution is 0.0358. The van der Waals surface area contributed by atoms with E-state index in [1.165, 1.54) is 18.3 Å². The summed E-state index contributed by atoms with van der Waals surface area (Å²) in [5.41, 5.74) is 6.94. The Morgan fingerprint density at radius 1 is 1.14 bits per heavy atom. The number of primary amides is 1. The van der Waals surface area contributed by atoms with E-state index in [2.05, 4.69) is 30.9 Å². The number of aromatic nitrogens is 1. The standard InChI is InChI=1S/C31H31BrFN5O5/c1-40-29-19-24(42-13-3-10-37-11-14-41-15-12-37)18-26-30(29)28(8-9-35-26)43-27-7-6-21(16-25(27)33)20-36-38(31(34)39)23-5-2-4-22(32)17-23/h2,4-9,16-20H,3,10-15H2,1H3,(H2,34,39)/b36-20+. The predicted octanol–water partition coefficient (Wildman–Crippen LogP) is 5.96. The van der Waals surface area contributed by atoms with Crippen LogP contribution in [0.1, 0.15) is 12.0 Å². The Bertz CT molecular complexity index is 1620. The fourth-order valence-corrected chi connectivity index (χ4v) is 5.00. The number of urea groups is 1. The van der Waals surface area contributed by atoms with Crippen LogP contribution in [0, 0.1) is 5.82 Å². The molecule has 0 aliphatic carbocycles. The zero-order valence-corrected chi connectivity index (χ0v) is 25.1. The van der Waals surface area contributed by atoms with Gasteiger partial charge in [0, 0.05) is 42.4 Å². The molecule has 0 radical (unpaired) electrons. The highest BCUT2D eigenvalue weighted by Crippen LogP contribution is 2.39. The molecule has 224 valence electrons. The van der Waals surface area contributed by atoms with E-state index in [0.717, 1.165) is 48.8 Å². The maximum absolute atomic E-state index is 15.2. The lowest BCUT2D eigenvalue weighted by atomic mass is 10.1. The first kappa shape index (κ1) is 30.2. The summed E-state index contributed by atoms with van der Waals surface area (Å²) in [4.78, 5) is 18.8. The summed E-state index contributed by atoms with van der Waals surface area (Å²) < 4.78 is 38.9. The maximum Gasteiger partial charge on any atom is 0.340 e. The monoisotopic (exact) mass is 651 g/mol. The van der Waals surface area contributed by atoms with E-state index in [1.807, 2.05) is 12.1 Å². The number of methoxy groups -OCH3 is 1. The van der Waals surface area contributed by atoms with Gasteiger partial charge in [-0.25, -0.2) is 9.18 Å². The summed E-state index contributed by atoms with van der Waals surface area (Å²) in [6.07, 6.45) is 3.80. The van der Waals surface area contributed by atoms with Gasteiger partial charge in [-0.2, -0.15) is 10.1 Å². The van der Waals surface area contributed by atoms with Crippen molar-refractivity contribution in [3.8, 4) is 23.0 Å². The number of anilines is 1. The summed E-state index contributed by atoms with van der Waals surface area (Å²) >= 11 is 3.36. The van der Waals surface area contributed by atoms with Crippen LogP contribution in [0.3, 0.4) is 0 Å². The number of hydrogen-bond acceptors (Lipinski definition) is 8. The van der Waals surface area contributed by atoms with Crippen LogP contribution in [0.2, 0.25) is 0 Å². The first-order valence-corrected chi connectivity index (χ1v) is 14.5. The van der Waals surface area contributed by atoms with Crippen molar-refractivity contribution in [3.05, 3.63) is 82.7 Å². The average molecular weight is 653 g/mol. The van der Waals surface area contributed by atoms with Crippen molar-refractivity contribution in [2.75, 3.05) is 51.6 Å². The van der Waals surface area contributed by atoms with Crippen LogP contribution >= 0.6 is 15.9 Å². The first-order valence-electron chi connectivity index (χ1n) is 13.7. The Morgan fingerprint density at radius 3 is 2.72 bits per heavy atom. The highest BCUT2D eigenvalue weighted by molar-refractivity contribution is 9.10. The van der Waals surface area contributed by atoms with E-state index in [4.69, 9.17) is 24.7 Å². The largest absolute Gasteiger partial charge is 0.496 e. The molecule has 4 aromatic rings.